The third-order valence-corrected chi connectivity index (χ3v) is 5.98. The van der Waals surface area contributed by atoms with Gasteiger partial charge in [-0.3, -0.25) is 19.9 Å². The molecule has 1 aliphatic heterocycles. The zero-order chi connectivity index (χ0) is 20.8. The molecule has 158 valence electrons. The minimum Gasteiger partial charge on any atom is -0.373 e. The largest absolute Gasteiger partial charge is 0.373 e. The van der Waals surface area contributed by atoms with E-state index in [0.717, 1.165) is 45.0 Å². The van der Waals surface area contributed by atoms with Gasteiger partial charge in [0.1, 0.15) is 0 Å². The van der Waals surface area contributed by atoms with E-state index in [9.17, 15) is 4.79 Å². The van der Waals surface area contributed by atoms with Gasteiger partial charge in [-0.25, -0.2) is 4.98 Å². The first kappa shape index (κ1) is 21.9. The third kappa shape index (κ3) is 6.34. The highest BCUT2D eigenvalue weighted by atomic mass is 32.1. The summed E-state index contributed by atoms with van der Waals surface area (Å²) in [5.74, 6) is -0.117. The molecule has 2 atom stereocenters. The molecule has 0 saturated carbocycles. The molecule has 1 aromatic heterocycles. The van der Waals surface area contributed by atoms with Crippen LogP contribution >= 0.6 is 11.3 Å². The van der Waals surface area contributed by atoms with Crippen LogP contribution in [0.4, 0.5) is 5.13 Å². The highest BCUT2D eigenvalue weighted by molar-refractivity contribution is 7.13. The normalized spacial score (nSPS) is 20.2. The van der Waals surface area contributed by atoms with E-state index in [0.29, 0.717) is 10.7 Å². The summed E-state index contributed by atoms with van der Waals surface area (Å²) in [6.45, 7) is 14.1. The molecule has 2 aromatic rings. The molecule has 3 rings (SSSR count). The van der Waals surface area contributed by atoms with Crippen LogP contribution < -0.4 is 5.32 Å². The zero-order valence-corrected chi connectivity index (χ0v) is 18.7. The van der Waals surface area contributed by atoms with E-state index < -0.39 is 0 Å². The molecule has 0 aliphatic carbocycles. The van der Waals surface area contributed by atoms with Gasteiger partial charge in [0.2, 0.25) is 0 Å². The fraction of sp³-hybridized carbons (Fsp3) is 0.545. The minimum atomic E-state index is -0.117. The van der Waals surface area contributed by atoms with Crippen molar-refractivity contribution in [3.63, 3.8) is 0 Å². The second-order valence-electron chi connectivity index (χ2n) is 7.71. The highest BCUT2D eigenvalue weighted by Gasteiger charge is 2.22. The zero-order valence-electron chi connectivity index (χ0n) is 17.9. The second-order valence-corrected chi connectivity index (χ2v) is 8.57. The second kappa shape index (κ2) is 10.3. The van der Waals surface area contributed by atoms with E-state index >= 15 is 0 Å². The number of carbonyl (C=O) groups excluding carboxylic acids is 1. The standard InChI is InChI=1S/C22H32N4O2S/c1-5-25(6-2)13-18-7-9-19(10-8-18)21(27)24-22-23-20(15-29-22)14-26-11-16(3)28-17(4)12-26/h7-10,15-17H,5-6,11-14H2,1-4H3,(H,23,24,27). The van der Waals surface area contributed by atoms with Gasteiger partial charge in [-0.1, -0.05) is 26.0 Å². The third-order valence-electron chi connectivity index (χ3n) is 5.17. The Morgan fingerprint density at radius 2 is 1.86 bits per heavy atom. The average molecular weight is 417 g/mol. The quantitative estimate of drug-likeness (QED) is 0.708. The lowest BCUT2D eigenvalue weighted by Crippen LogP contribution is -2.44. The average Bonchev–Trinajstić information content (AvgIpc) is 3.12. The Balaban J connectivity index is 1.54. The summed E-state index contributed by atoms with van der Waals surface area (Å²) in [5, 5.41) is 5.60. The van der Waals surface area contributed by atoms with Gasteiger partial charge in [0.05, 0.1) is 17.9 Å². The van der Waals surface area contributed by atoms with E-state index in [2.05, 4.69) is 47.8 Å². The van der Waals surface area contributed by atoms with Gasteiger partial charge < -0.3 is 4.74 Å². The first-order valence-corrected chi connectivity index (χ1v) is 11.3. The molecular weight excluding hydrogens is 384 g/mol. The Morgan fingerprint density at radius 3 is 2.48 bits per heavy atom. The molecule has 0 bridgehead atoms. The number of morpholine rings is 1. The number of ether oxygens (including phenoxy) is 1. The topological polar surface area (TPSA) is 57.7 Å². The molecule has 1 N–H and O–H groups in total. The number of hydrogen-bond acceptors (Lipinski definition) is 6. The van der Waals surface area contributed by atoms with Crippen LogP contribution in [-0.4, -0.2) is 59.1 Å². The summed E-state index contributed by atoms with van der Waals surface area (Å²) in [5.41, 5.74) is 2.86. The highest BCUT2D eigenvalue weighted by Crippen LogP contribution is 2.20. The van der Waals surface area contributed by atoms with Crippen molar-refractivity contribution in [2.75, 3.05) is 31.5 Å². The lowest BCUT2D eigenvalue weighted by molar-refractivity contribution is -0.0707. The Kier molecular flexibility index (Phi) is 7.77. The van der Waals surface area contributed by atoms with Crippen LogP contribution in [0.15, 0.2) is 29.6 Å². The number of nitrogens with one attached hydrogen (secondary N) is 1. The molecule has 1 aliphatic rings. The summed E-state index contributed by atoms with van der Waals surface area (Å²) < 4.78 is 5.78. The summed E-state index contributed by atoms with van der Waals surface area (Å²) >= 11 is 1.47. The van der Waals surface area contributed by atoms with Gasteiger partial charge in [-0.15, -0.1) is 11.3 Å². The van der Waals surface area contributed by atoms with Crippen molar-refractivity contribution in [2.45, 2.75) is 53.0 Å². The maximum Gasteiger partial charge on any atom is 0.257 e. The molecule has 7 heteroatoms. The predicted molar refractivity (Wildman–Crippen MR) is 118 cm³/mol. The first-order valence-electron chi connectivity index (χ1n) is 10.4. The van der Waals surface area contributed by atoms with Crippen LogP contribution in [0, 0.1) is 0 Å². The summed E-state index contributed by atoms with van der Waals surface area (Å²) in [6.07, 6.45) is 0.475. The number of carbonyl (C=O) groups is 1. The fourth-order valence-corrected chi connectivity index (χ4v) is 4.41. The van der Waals surface area contributed by atoms with Crippen LogP contribution in [0.1, 0.15) is 49.3 Å². The van der Waals surface area contributed by atoms with Crippen LogP contribution in [0.3, 0.4) is 0 Å². The monoisotopic (exact) mass is 416 g/mol. The van der Waals surface area contributed by atoms with Crippen LogP contribution in [0.2, 0.25) is 0 Å². The molecule has 29 heavy (non-hydrogen) atoms. The van der Waals surface area contributed by atoms with Crippen molar-refractivity contribution in [1.82, 2.24) is 14.8 Å². The molecule has 1 fully saturated rings. The van der Waals surface area contributed by atoms with Gasteiger partial charge in [0.15, 0.2) is 5.13 Å². The van der Waals surface area contributed by atoms with E-state index in [1.807, 2.05) is 29.6 Å². The predicted octanol–water partition coefficient (Wildman–Crippen LogP) is 3.85. The molecule has 1 amide bonds. The number of thiazole rings is 1. The molecule has 6 nitrogen and oxygen atoms in total. The molecule has 0 spiro atoms. The Hall–Kier alpha value is -1.80. The number of aromatic nitrogens is 1. The Bertz CT molecular complexity index is 778. The summed E-state index contributed by atoms with van der Waals surface area (Å²) in [7, 11) is 0. The molecule has 1 saturated heterocycles. The number of anilines is 1. The number of amides is 1. The number of rotatable bonds is 8. The molecule has 2 unspecified atom stereocenters. The van der Waals surface area contributed by atoms with Crippen molar-refractivity contribution in [3.8, 4) is 0 Å². The molecular formula is C22H32N4O2S. The molecule has 0 radical (unpaired) electrons. The SMILES string of the molecule is CCN(CC)Cc1ccc(C(=O)Nc2nc(CN3CC(C)OC(C)C3)cs2)cc1. The molecule has 1 aromatic carbocycles. The van der Waals surface area contributed by atoms with Crippen LogP contribution in [0.25, 0.3) is 0 Å². The van der Waals surface area contributed by atoms with Crippen molar-refractivity contribution >= 4 is 22.4 Å². The smallest absolute Gasteiger partial charge is 0.257 e. The van der Waals surface area contributed by atoms with Gasteiger partial charge >= 0.3 is 0 Å². The Morgan fingerprint density at radius 1 is 1.21 bits per heavy atom. The van der Waals surface area contributed by atoms with Gasteiger partial charge in [0, 0.05) is 37.1 Å². The van der Waals surface area contributed by atoms with Crippen molar-refractivity contribution in [2.24, 2.45) is 0 Å². The Labute approximate surface area is 177 Å². The summed E-state index contributed by atoms with van der Waals surface area (Å²) in [4.78, 5) is 21.9. The van der Waals surface area contributed by atoms with E-state index in [1.165, 1.54) is 16.9 Å². The maximum absolute atomic E-state index is 12.6. The first-order chi connectivity index (χ1) is 14.0. The van der Waals surface area contributed by atoms with E-state index in [4.69, 9.17) is 4.74 Å². The lowest BCUT2D eigenvalue weighted by Gasteiger charge is -2.34. The lowest BCUT2D eigenvalue weighted by atomic mass is 10.1. The van der Waals surface area contributed by atoms with E-state index in [1.54, 1.807) is 0 Å². The molecule has 2 heterocycles. The number of nitrogens with zero attached hydrogens (tertiary/aromatic N) is 3. The number of benzene rings is 1. The maximum atomic E-state index is 12.6. The van der Waals surface area contributed by atoms with Crippen LogP contribution in [-0.2, 0) is 17.8 Å². The van der Waals surface area contributed by atoms with Crippen LogP contribution in [0.5, 0.6) is 0 Å². The number of hydrogen-bond donors (Lipinski definition) is 1. The fourth-order valence-electron chi connectivity index (χ4n) is 3.72. The van der Waals surface area contributed by atoms with Gasteiger partial charge in [-0.05, 0) is 44.6 Å². The van der Waals surface area contributed by atoms with Crippen molar-refractivity contribution in [1.29, 1.82) is 0 Å². The van der Waals surface area contributed by atoms with Crippen molar-refractivity contribution < 1.29 is 9.53 Å². The van der Waals surface area contributed by atoms with Gasteiger partial charge in [0.25, 0.3) is 5.91 Å². The van der Waals surface area contributed by atoms with E-state index in [-0.39, 0.29) is 18.1 Å². The van der Waals surface area contributed by atoms with Gasteiger partial charge in [-0.2, -0.15) is 0 Å². The summed E-state index contributed by atoms with van der Waals surface area (Å²) in [6, 6.07) is 7.83. The van der Waals surface area contributed by atoms with Crippen molar-refractivity contribution in [3.05, 3.63) is 46.5 Å². The minimum absolute atomic E-state index is 0.117.